The predicted molar refractivity (Wildman–Crippen MR) is 107 cm³/mol. The SMILES string of the molecule is CC(C)(C)OC(=O)N1C2CCC1CC(NCCc1nnc3n1CCCCC3)C2. The first-order chi connectivity index (χ1) is 13.4. The number of aryl methyl sites for hydroxylation is 1. The highest BCUT2D eigenvalue weighted by molar-refractivity contribution is 5.69. The molecule has 7 heteroatoms. The van der Waals surface area contributed by atoms with E-state index in [0.29, 0.717) is 18.1 Å². The number of nitrogens with one attached hydrogen (secondary N) is 1. The Bertz CT molecular complexity index is 681. The van der Waals surface area contributed by atoms with Gasteiger partial charge in [0.2, 0.25) is 0 Å². The lowest BCUT2D eigenvalue weighted by Gasteiger charge is -2.39. The van der Waals surface area contributed by atoms with Crippen molar-refractivity contribution in [1.82, 2.24) is 25.0 Å². The van der Waals surface area contributed by atoms with Crippen LogP contribution in [0.1, 0.15) is 77.4 Å². The predicted octanol–water partition coefficient (Wildman–Crippen LogP) is 3.07. The number of ether oxygens (including phenoxy) is 1. The molecule has 2 fully saturated rings. The summed E-state index contributed by atoms with van der Waals surface area (Å²) in [5, 5.41) is 12.6. The number of hydrogen-bond acceptors (Lipinski definition) is 5. The van der Waals surface area contributed by atoms with Gasteiger partial charge in [-0.15, -0.1) is 10.2 Å². The second kappa shape index (κ2) is 8.01. The number of carbonyl (C=O) groups excluding carboxylic acids is 1. The van der Waals surface area contributed by atoms with Gasteiger partial charge in [0, 0.05) is 44.1 Å². The summed E-state index contributed by atoms with van der Waals surface area (Å²) in [5.41, 5.74) is -0.429. The van der Waals surface area contributed by atoms with Crippen LogP contribution in [0, 0.1) is 0 Å². The molecule has 28 heavy (non-hydrogen) atoms. The molecule has 2 atom stereocenters. The minimum absolute atomic E-state index is 0.135. The number of carbonyl (C=O) groups is 1. The summed E-state index contributed by atoms with van der Waals surface area (Å²) in [6, 6.07) is 1.11. The normalized spacial score (nSPS) is 27.4. The van der Waals surface area contributed by atoms with Crippen LogP contribution in [-0.2, 0) is 24.1 Å². The molecule has 4 heterocycles. The molecule has 2 saturated heterocycles. The topological polar surface area (TPSA) is 72.3 Å². The van der Waals surface area contributed by atoms with E-state index in [-0.39, 0.29) is 6.09 Å². The van der Waals surface area contributed by atoms with E-state index in [0.717, 1.165) is 63.3 Å². The molecule has 0 radical (unpaired) electrons. The molecule has 0 spiro atoms. The number of hydrogen-bond donors (Lipinski definition) is 1. The van der Waals surface area contributed by atoms with Gasteiger partial charge in [-0.05, 0) is 59.3 Å². The van der Waals surface area contributed by atoms with Gasteiger partial charge in [-0.2, -0.15) is 0 Å². The van der Waals surface area contributed by atoms with E-state index in [4.69, 9.17) is 4.74 Å². The van der Waals surface area contributed by atoms with Crippen molar-refractivity contribution in [3.8, 4) is 0 Å². The van der Waals surface area contributed by atoms with Crippen molar-refractivity contribution in [2.24, 2.45) is 0 Å². The summed E-state index contributed by atoms with van der Waals surface area (Å²) in [6.45, 7) is 7.80. The standard InChI is InChI=1S/C21H35N5O2/c1-21(2,3)28-20(27)26-16-8-9-17(26)14-15(13-16)22-11-10-19-24-23-18-7-5-4-6-12-25(18)19/h15-17,22H,4-14H2,1-3H3. The summed E-state index contributed by atoms with van der Waals surface area (Å²) in [5.74, 6) is 2.29. The lowest BCUT2D eigenvalue weighted by atomic mass is 9.97. The van der Waals surface area contributed by atoms with Crippen molar-refractivity contribution in [3.05, 3.63) is 11.6 Å². The first-order valence-corrected chi connectivity index (χ1v) is 11.1. The van der Waals surface area contributed by atoms with Crippen LogP contribution < -0.4 is 5.32 Å². The van der Waals surface area contributed by atoms with Crippen molar-refractivity contribution in [1.29, 1.82) is 0 Å². The van der Waals surface area contributed by atoms with Crippen LogP contribution in [0.5, 0.6) is 0 Å². The first-order valence-electron chi connectivity index (χ1n) is 11.1. The Hall–Kier alpha value is -1.63. The van der Waals surface area contributed by atoms with Gasteiger partial charge >= 0.3 is 6.09 Å². The van der Waals surface area contributed by atoms with Crippen LogP contribution in [0.25, 0.3) is 0 Å². The van der Waals surface area contributed by atoms with Gasteiger partial charge in [-0.1, -0.05) is 6.42 Å². The smallest absolute Gasteiger partial charge is 0.410 e. The molecular weight excluding hydrogens is 354 g/mol. The molecule has 1 N–H and O–H groups in total. The average Bonchev–Trinajstić information content (AvgIpc) is 3.01. The molecule has 1 aromatic heterocycles. The Morgan fingerprint density at radius 1 is 1.14 bits per heavy atom. The molecule has 4 rings (SSSR count). The molecule has 0 aliphatic carbocycles. The molecule has 3 aliphatic heterocycles. The van der Waals surface area contributed by atoms with Gasteiger partial charge in [0.05, 0.1) is 0 Å². The number of piperidine rings is 1. The highest BCUT2D eigenvalue weighted by Gasteiger charge is 2.44. The highest BCUT2D eigenvalue weighted by Crippen LogP contribution is 2.36. The Labute approximate surface area is 168 Å². The van der Waals surface area contributed by atoms with Crippen molar-refractivity contribution in [2.45, 2.75) is 109 Å². The fourth-order valence-corrected chi connectivity index (χ4v) is 5.07. The molecule has 7 nitrogen and oxygen atoms in total. The van der Waals surface area contributed by atoms with E-state index >= 15 is 0 Å². The molecule has 3 aliphatic rings. The van der Waals surface area contributed by atoms with E-state index in [2.05, 4.69) is 20.1 Å². The summed E-state index contributed by atoms with van der Waals surface area (Å²) in [6.07, 6.45) is 9.85. The third-order valence-electron chi connectivity index (χ3n) is 6.31. The maximum Gasteiger partial charge on any atom is 0.410 e. The molecule has 1 amide bonds. The molecule has 0 saturated carbocycles. The number of aromatic nitrogens is 3. The molecule has 2 bridgehead atoms. The van der Waals surface area contributed by atoms with E-state index in [9.17, 15) is 4.79 Å². The summed E-state index contributed by atoms with van der Waals surface area (Å²) < 4.78 is 7.97. The molecule has 0 aromatic carbocycles. The van der Waals surface area contributed by atoms with Gasteiger partial charge in [0.1, 0.15) is 17.2 Å². The van der Waals surface area contributed by atoms with Crippen molar-refractivity contribution in [3.63, 3.8) is 0 Å². The zero-order chi connectivity index (χ0) is 19.7. The Balaban J connectivity index is 1.28. The molecule has 2 unspecified atom stereocenters. The summed E-state index contributed by atoms with van der Waals surface area (Å²) in [7, 11) is 0. The Morgan fingerprint density at radius 2 is 1.89 bits per heavy atom. The van der Waals surface area contributed by atoms with Crippen LogP contribution in [-0.4, -0.2) is 56.0 Å². The lowest BCUT2D eigenvalue weighted by Crippen LogP contribution is -2.52. The quantitative estimate of drug-likeness (QED) is 0.857. The van der Waals surface area contributed by atoms with Crippen LogP contribution in [0.4, 0.5) is 4.79 Å². The zero-order valence-corrected chi connectivity index (χ0v) is 17.6. The number of nitrogens with zero attached hydrogens (tertiary/aromatic N) is 4. The second-order valence-electron chi connectivity index (χ2n) is 9.64. The average molecular weight is 390 g/mol. The largest absolute Gasteiger partial charge is 0.444 e. The van der Waals surface area contributed by atoms with E-state index < -0.39 is 5.60 Å². The maximum absolute atomic E-state index is 12.6. The van der Waals surface area contributed by atoms with Gasteiger partial charge in [-0.3, -0.25) is 0 Å². The minimum Gasteiger partial charge on any atom is -0.444 e. The van der Waals surface area contributed by atoms with Crippen LogP contribution >= 0.6 is 0 Å². The van der Waals surface area contributed by atoms with E-state index in [1.807, 2.05) is 25.7 Å². The fraction of sp³-hybridized carbons (Fsp3) is 0.857. The number of fused-ring (bicyclic) bond motifs is 3. The summed E-state index contributed by atoms with van der Waals surface area (Å²) in [4.78, 5) is 14.6. The Morgan fingerprint density at radius 3 is 2.61 bits per heavy atom. The second-order valence-corrected chi connectivity index (χ2v) is 9.64. The van der Waals surface area contributed by atoms with Gasteiger partial charge in [0.25, 0.3) is 0 Å². The summed E-state index contributed by atoms with van der Waals surface area (Å²) >= 11 is 0. The van der Waals surface area contributed by atoms with Crippen molar-refractivity contribution >= 4 is 6.09 Å². The van der Waals surface area contributed by atoms with Crippen LogP contribution in [0.15, 0.2) is 0 Å². The fourth-order valence-electron chi connectivity index (χ4n) is 5.07. The van der Waals surface area contributed by atoms with Gasteiger partial charge in [0.15, 0.2) is 0 Å². The monoisotopic (exact) mass is 389 g/mol. The first kappa shape index (κ1) is 19.7. The Kier molecular flexibility index (Phi) is 5.63. The minimum atomic E-state index is -0.429. The van der Waals surface area contributed by atoms with Gasteiger partial charge < -0.3 is 19.5 Å². The van der Waals surface area contributed by atoms with E-state index in [1.54, 1.807) is 0 Å². The zero-order valence-electron chi connectivity index (χ0n) is 17.6. The highest BCUT2D eigenvalue weighted by atomic mass is 16.6. The molecular formula is C21H35N5O2. The van der Waals surface area contributed by atoms with E-state index in [1.165, 1.54) is 19.3 Å². The third-order valence-corrected chi connectivity index (χ3v) is 6.31. The third kappa shape index (κ3) is 4.34. The van der Waals surface area contributed by atoms with Crippen LogP contribution in [0.2, 0.25) is 0 Å². The van der Waals surface area contributed by atoms with Crippen molar-refractivity contribution < 1.29 is 9.53 Å². The molecule has 1 aromatic rings. The number of rotatable bonds is 4. The maximum atomic E-state index is 12.6. The van der Waals surface area contributed by atoms with Gasteiger partial charge in [-0.25, -0.2) is 4.79 Å². The van der Waals surface area contributed by atoms with Crippen LogP contribution in [0.3, 0.4) is 0 Å². The lowest BCUT2D eigenvalue weighted by molar-refractivity contribution is 0.00477. The molecule has 156 valence electrons. The van der Waals surface area contributed by atoms with Crippen molar-refractivity contribution in [2.75, 3.05) is 6.54 Å². The number of amides is 1.